The van der Waals surface area contributed by atoms with Gasteiger partial charge in [0.15, 0.2) is 0 Å². The van der Waals surface area contributed by atoms with Crippen LogP contribution in [0.15, 0.2) is 36.4 Å². The molecule has 4 rings (SSSR count). The molecule has 34 heavy (non-hydrogen) atoms. The number of benzene rings is 2. The van der Waals surface area contributed by atoms with Crippen LogP contribution in [0.2, 0.25) is 0 Å². The van der Waals surface area contributed by atoms with E-state index < -0.39 is 0 Å². The minimum absolute atomic E-state index is 0. The standard InChI is InChI=1S/C28H38N2O2.ClH.Mn/c1-27(2,3)21-13-9-11-19(25(21)31)17-29-23-15-7-8-16-24(23)30-18-20-12-10-14-22(26(20)32)28(4,5)6;;/h9-14,17-18,23-24,31-32H,7-8,15-16H2,1-6H3;1H;/q;;+2/p-1/t23-,24-;;/m1../s1. The van der Waals surface area contributed by atoms with E-state index in [9.17, 15) is 10.2 Å². The molecular weight excluding hydrogens is 487 g/mol. The van der Waals surface area contributed by atoms with Crippen molar-refractivity contribution < 1.29 is 45.2 Å². The van der Waals surface area contributed by atoms with Crippen LogP contribution in [-0.4, -0.2) is 41.9 Å². The number of nitrogens with zero attached hydrogens (tertiary/aromatic N) is 2. The van der Waals surface area contributed by atoms with Crippen LogP contribution in [-0.2, 0) is 26.2 Å². The maximum atomic E-state index is 11.0. The summed E-state index contributed by atoms with van der Waals surface area (Å²) in [7, 11) is 0. The van der Waals surface area contributed by atoms with Gasteiger partial charge >= 0.3 is 206 Å². The Labute approximate surface area is 217 Å². The monoisotopic (exact) mass is 524 g/mol. The van der Waals surface area contributed by atoms with Crippen molar-refractivity contribution in [2.45, 2.75) is 90.1 Å². The molecule has 0 spiro atoms. The molecule has 0 aromatic heterocycles. The third-order valence-corrected chi connectivity index (χ3v) is 8.41. The predicted octanol–water partition coefficient (Wildman–Crippen LogP) is 2.50. The Bertz CT molecular complexity index is 1020. The summed E-state index contributed by atoms with van der Waals surface area (Å²) < 4.78 is 4.85. The van der Waals surface area contributed by atoms with E-state index in [1.165, 1.54) is 12.8 Å². The van der Waals surface area contributed by atoms with Gasteiger partial charge in [-0.3, -0.25) is 0 Å². The minimum atomic E-state index is -0.107. The van der Waals surface area contributed by atoms with E-state index in [1.54, 1.807) is 0 Å². The van der Waals surface area contributed by atoms with Gasteiger partial charge in [0.2, 0.25) is 0 Å². The number of para-hydroxylation sites is 2. The molecule has 0 unspecified atom stereocenters. The van der Waals surface area contributed by atoms with E-state index in [0.29, 0.717) is 39.0 Å². The van der Waals surface area contributed by atoms with Crippen molar-refractivity contribution in [3.63, 3.8) is 0 Å². The van der Waals surface area contributed by atoms with Crippen LogP contribution < -0.4 is 12.4 Å². The van der Waals surface area contributed by atoms with E-state index in [0.717, 1.165) is 35.1 Å². The fourth-order valence-corrected chi connectivity index (χ4v) is 6.76. The minimum Gasteiger partial charge on any atom is -1.00 e. The number of phenolic OH excluding ortho intramolecular Hbond substituents is 2. The Balaban J connectivity index is 0.00000324. The van der Waals surface area contributed by atoms with Crippen molar-refractivity contribution in [3.8, 4) is 11.5 Å². The zero-order valence-corrected chi connectivity index (χ0v) is 23.1. The van der Waals surface area contributed by atoms with Gasteiger partial charge in [0, 0.05) is 0 Å². The van der Waals surface area contributed by atoms with Gasteiger partial charge in [-0.1, -0.05) is 0 Å². The fourth-order valence-electron chi connectivity index (χ4n) is 4.92. The van der Waals surface area contributed by atoms with Crippen LogP contribution in [0.5, 0.6) is 11.5 Å². The molecule has 6 heteroatoms. The number of halogens is 1. The van der Waals surface area contributed by atoms with Crippen LogP contribution in [0, 0.1) is 0 Å². The van der Waals surface area contributed by atoms with Gasteiger partial charge in [0.25, 0.3) is 0 Å². The van der Waals surface area contributed by atoms with E-state index in [-0.39, 0.29) is 23.2 Å². The molecule has 1 saturated heterocycles. The van der Waals surface area contributed by atoms with Crippen LogP contribution >= 0.6 is 0 Å². The van der Waals surface area contributed by atoms with Gasteiger partial charge in [0.05, 0.1) is 0 Å². The quantitative estimate of drug-likeness (QED) is 0.593. The van der Waals surface area contributed by atoms with Crippen molar-refractivity contribution in [2.24, 2.45) is 0 Å². The molecule has 1 saturated carbocycles. The predicted molar refractivity (Wildman–Crippen MR) is 131 cm³/mol. The number of rotatable bonds is 2. The third-order valence-electron chi connectivity index (χ3n) is 6.78. The van der Waals surface area contributed by atoms with Crippen molar-refractivity contribution in [1.82, 2.24) is 0 Å². The Morgan fingerprint density at radius 1 is 0.735 bits per heavy atom. The fraction of sp³-hybridized carbons (Fsp3) is 0.500. The van der Waals surface area contributed by atoms with Crippen LogP contribution in [0.1, 0.15) is 89.5 Å². The zero-order chi connectivity index (χ0) is 24.0. The molecule has 0 bridgehead atoms. The zero-order valence-electron chi connectivity index (χ0n) is 21.1. The molecule has 4 nitrogen and oxygen atoms in total. The number of fused-ring (bicyclic) bond motifs is 1. The van der Waals surface area contributed by atoms with E-state index in [2.05, 4.69) is 61.2 Å². The second kappa shape index (κ2) is 10.0. The molecule has 1 aliphatic carbocycles. The van der Waals surface area contributed by atoms with Gasteiger partial charge < -0.3 is 12.4 Å². The molecule has 1 aliphatic heterocycles. The average Bonchev–Trinajstić information content (AvgIpc) is 3.07. The molecule has 0 amide bonds. The largest absolute Gasteiger partial charge is 1.00 e. The van der Waals surface area contributed by atoms with Crippen molar-refractivity contribution in [2.75, 3.05) is 0 Å². The second-order valence-corrected chi connectivity index (χ2v) is 12.9. The van der Waals surface area contributed by atoms with Gasteiger partial charge in [-0.25, -0.2) is 0 Å². The number of hydrogen-bond donors (Lipinski definition) is 2. The topological polar surface area (TPSA) is 46.5 Å². The Morgan fingerprint density at radius 3 is 1.47 bits per heavy atom. The van der Waals surface area contributed by atoms with E-state index >= 15 is 0 Å². The summed E-state index contributed by atoms with van der Waals surface area (Å²) in [5.74, 6) is 0.779. The first kappa shape index (κ1) is 26.8. The van der Waals surface area contributed by atoms with Gasteiger partial charge in [-0.15, -0.1) is 0 Å². The van der Waals surface area contributed by atoms with Crippen molar-refractivity contribution in [3.05, 3.63) is 58.7 Å². The first-order chi connectivity index (χ1) is 15.5. The molecule has 2 N–H and O–H groups in total. The first-order valence-electron chi connectivity index (χ1n) is 12.0. The maximum absolute atomic E-state index is 11.0. The number of phenols is 2. The summed E-state index contributed by atoms with van der Waals surface area (Å²) in [6, 6.07) is 13.0. The molecule has 2 fully saturated rings. The van der Waals surface area contributed by atoms with E-state index in [4.69, 9.17) is 0 Å². The summed E-state index contributed by atoms with van der Waals surface area (Å²) in [5.41, 5.74) is 3.52. The van der Waals surface area contributed by atoms with Crippen LogP contribution in [0.4, 0.5) is 0 Å². The van der Waals surface area contributed by atoms with Crippen molar-refractivity contribution in [1.29, 1.82) is 0 Å². The van der Waals surface area contributed by atoms with Crippen LogP contribution in [0.25, 0.3) is 0 Å². The molecule has 2 aromatic carbocycles. The maximum Gasteiger partial charge on any atom is -1.00 e. The average molecular weight is 525 g/mol. The molecule has 185 valence electrons. The summed E-state index contributed by atoms with van der Waals surface area (Å²) in [6.07, 6.45) is 9.12. The van der Waals surface area contributed by atoms with E-state index in [1.807, 2.05) is 36.4 Å². The van der Waals surface area contributed by atoms with Gasteiger partial charge in [-0.2, -0.15) is 0 Å². The molecule has 2 aliphatic rings. The summed E-state index contributed by atoms with van der Waals surface area (Å²) >= 11 is 0.411. The molecule has 2 atom stereocenters. The Morgan fingerprint density at radius 2 is 1.12 bits per heavy atom. The SMILES string of the molecule is CC(C)(C)c1cccc(C=[N+]2[Mn][N+](=Cc3cccc(C(C)(C)C)c3O)[C@@H]3CCCC[C@H]32)c1O.[Cl-]. The summed E-state index contributed by atoms with van der Waals surface area (Å²) in [4.78, 5) is 0. The molecule has 1 heterocycles. The van der Waals surface area contributed by atoms with Gasteiger partial charge in [0.1, 0.15) is 0 Å². The smallest absolute Gasteiger partial charge is 1.00 e. The number of aromatic hydroxyl groups is 2. The third kappa shape index (κ3) is 5.37. The van der Waals surface area contributed by atoms with Gasteiger partial charge in [-0.05, 0) is 0 Å². The first-order valence-corrected chi connectivity index (χ1v) is 13.1. The van der Waals surface area contributed by atoms with Crippen molar-refractivity contribution >= 4 is 12.4 Å². The van der Waals surface area contributed by atoms with Crippen LogP contribution in [0.3, 0.4) is 0 Å². The summed E-state index contributed by atoms with van der Waals surface area (Å²) in [5, 5.41) is 22.0. The Hall–Kier alpha value is -1.81. The second-order valence-electron chi connectivity index (χ2n) is 11.4. The number of hydrogen-bond acceptors (Lipinski definition) is 2. The molecular formula is C28H38ClMnN2O2+. The Kier molecular flexibility index (Phi) is 7.92. The molecule has 0 radical (unpaired) electrons. The normalized spacial score (nSPS) is 23.1. The molecule has 2 aromatic rings. The summed E-state index contributed by atoms with van der Waals surface area (Å²) in [6.45, 7) is 12.8.